The lowest BCUT2D eigenvalue weighted by molar-refractivity contribution is -0.137. The second-order valence-electron chi connectivity index (χ2n) is 9.18. The summed E-state index contributed by atoms with van der Waals surface area (Å²) >= 11 is 0. The Morgan fingerprint density at radius 3 is 2.29 bits per heavy atom. The van der Waals surface area contributed by atoms with Crippen LogP contribution in [-0.2, 0) is 14.4 Å². The van der Waals surface area contributed by atoms with Crippen LogP contribution in [0.1, 0.15) is 58.1 Å². The van der Waals surface area contributed by atoms with Crippen LogP contribution in [0.4, 0.5) is 4.79 Å². The molecule has 2 atom stereocenters. The van der Waals surface area contributed by atoms with Crippen LogP contribution in [0, 0.1) is 11.3 Å². The zero-order valence-electron chi connectivity index (χ0n) is 18.9. The number of carbonyl (C=O) groups is 2. The van der Waals surface area contributed by atoms with E-state index in [9.17, 15) is 9.59 Å². The lowest BCUT2D eigenvalue weighted by atomic mass is 9.96. The second kappa shape index (κ2) is 9.68. The van der Waals surface area contributed by atoms with Crippen molar-refractivity contribution >= 4 is 17.9 Å². The maximum Gasteiger partial charge on any atom is 0.411 e. The fourth-order valence-corrected chi connectivity index (χ4v) is 4.39. The highest BCUT2D eigenvalue weighted by atomic mass is 16.6. The summed E-state index contributed by atoms with van der Waals surface area (Å²) in [7, 11) is 1.63. The molecule has 1 aromatic rings. The molecule has 0 saturated carbocycles. The van der Waals surface area contributed by atoms with Crippen LogP contribution < -0.4 is 5.48 Å². The van der Waals surface area contributed by atoms with Gasteiger partial charge in [0.1, 0.15) is 11.6 Å². The molecule has 2 aliphatic heterocycles. The van der Waals surface area contributed by atoms with Crippen molar-refractivity contribution in [2.75, 3.05) is 20.1 Å². The van der Waals surface area contributed by atoms with Crippen LogP contribution in [0.3, 0.4) is 0 Å². The summed E-state index contributed by atoms with van der Waals surface area (Å²) in [6.07, 6.45) is 2.23. The third kappa shape index (κ3) is 5.55. The zero-order chi connectivity index (χ0) is 22.6. The fourth-order valence-electron chi connectivity index (χ4n) is 4.39. The van der Waals surface area contributed by atoms with E-state index in [1.54, 1.807) is 11.9 Å². The molecule has 0 aliphatic carbocycles. The first-order valence-corrected chi connectivity index (χ1v) is 11.0. The van der Waals surface area contributed by atoms with Crippen molar-refractivity contribution in [1.29, 1.82) is 5.41 Å². The van der Waals surface area contributed by atoms with E-state index in [4.69, 9.17) is 15.0 Å². The van der Waals surface area contributed by atoms with Crippen LogP contribution >= 0.6 is 0 Å². The lowest BCUT2D eigenvalue weighted by Gasteiger charge is -2.37. The van der Waals surface area contributed by atoms with E-state index in [2.05, 4.69) is 5.48 Å². The number of nitrogens with one attached hydrogen (secondary N) is 2. The Balaban J connectivity index is 1.74. The van der Waals surface area contributed by atoms with Crippen molar-refractivity contribution in [3.8, 4) is 0 Å². The summed E-state index contributed by atoms with van der Waals surface area (Å²) in [6.45, 7) is 6.61. The minimum absolute atomic E-state index is 0.000829. The highest BCUT2D eigenvalue weighted by Gasteiger charge is 2.45. The van der Waals surface area contributed by atoms with Crippen molar-refractivity contribution in [2.24, 2.45) is 5.92 Å². The molecule has 2 aliphatic rings. The number of nitrogens with zero attached hydrogens (tertiary/aromatic N) is 2. The number of hydroxylamine groups is 1. The van der Waals surface area contributed by atoms with E-state index in [-0.39, 0.29) is 23.8 Å². The summed E-state index contributed by atoms with van der Waals surface area (Å²) in [6, 6.07) is 9.11. The number of ether oxygens (including phenoxy) is 1. The molecule has 170 valence electrons. The van der Waals surface area contributed by atoms with Crippen LogP contribution in [0.15, 0.2) is 30.3 Å². The Hall–Kier alpha value is -2.61. The van der Waals surface area contributed by atoms with Crippen molar-refractivity contribution in [2.45, 2.75) is 64.1 Å². The van der Waals surface area contributed by atoms with Gasteiger partial charge in [0.05, 0.1) is 6.04 Å². The standard InChI is InChI=1S/C23H34N4O4/c1-23(2,3)30-22(29)27-18(16-8-6-5-7-9-16)10-11-19(27)21(28)26-14-12-17(13-15-26)20(24)31-25-4/h5-9,17-19,24-25H,10-15H2,1-4H3. The number of amides is 2. The van der Waals surface area contributed by atoms with Gasteiger partial charge >= 0.3 is 6.09 Å². The van der Waals surface area contributed by atoms with Crippen molar-refractivity contribution in [3.63, 3.8) is 0 Å². The van der Waals surface area contributed by atoms with Gasteiger partial charge in [-0.3, -0.25) is 15.1 Å². The summed E-state index contributed by atoms with van der Waals surface area (Å²) in [5, 5.41) is 7.96. The largest absolute Gasteiger partial charge is 0.444 e. The van der Waals surface area contributed by atoms with E-state index in [1.807, 2.05) is 56.0 Å². The molecule has 3 rings (SSSR count). The van der Waals surface area contributed by atoms with Gasteiger partial charge in [-0.15, -0.1) is 0 Å². The third-order valence-electron chi connectivity index (χ3n) is 5.85. The molecule has 8 nitrogen and oxygen atoms in total. The van der Waals surface area contributed by atoms with Crippen LogP contribution in [0.25, 0.3) is 0 Å². The number of rotatable bonds is 4. The second-order valence-corrected chi connectivity index (χ2v) is 9.18. The Labute approximate surface area is 184 Å². The molecular weight excluding hydrogens is 396 g/mol. The molecule has 1 aromatic carbocycles. The van der Waals surface area contributed by atoms with Crippen LogP contribution in [0.2, 0.25) is 0 Å². The Morgan fingerprint density at radius 1 is 1.06 bits per heavy atom. The molecule has 2 N–H and O–H groups in total. The number of hydrogen-bond donors (Lipinski definition) is 2. The van der Waals surface area contributed by atoms with Crippen LogP contribution in [0.5, 0.6) is 0 Å². The first-order chi connectivity index (χ1) is 14.7. The normalized spacial score (nSPS) is 22.3. The first kappa shape index (κ1) is 23.1. The van der Waals surface area contributed by atoms with E-state index in [0.717, 1.165) is 12.0 Å². The Bertz CT molecular complexity index is 785. The predicted molar refractivity (Wildman–Crippen MR) is 117 cm³/mol. The average molecular weight is 431 g/mol. The van der Waals surface area contributed by atoms with Gasteiger partial charge < -0.3 is 14.5 Å². The van der Waals surface area contributed by atoms with Gasteiger partial charge in [-0.2, -0.15) is 5.48 Å². The predicted octanol–water partition coefficient (Wildman–Crippen LogP) is 3.49. The molecule has 2 unspecified atom stereocenters. The van der Waals surface area contributed by atoms with Crippen LogP contribution in [-0.4, -0.2) is 59.5 Å². The molecule has 8 heteroatoms. The number of carbonyl (C=O) groups excluding carboxylic acids is 2. The highest BCUT2D eigenvalue weighted by molar-refractivity contribution is 5.87. The number of hydrogen-bond acceptors (Lipinski definition) is 6. The fraction of sp³-hybridized carbons (Fsp3) is 0.609. The quantitative estimate of drug-likeness (QED) is 0.433. The van der Waals surface area contributed by atoms with Crippen molar-refractivity contribution < 1.29 is 19.2 Å². The minimum Gasteiger partial charge on any atom is -0.444 e. The Morgan fingerprint density at radius 2 is 1.71 bits per heavy atom. The van der Waals surface area contributed by atoms with E-state index in [1.165, 1.54) is 0 Å². The minimum atomic E-state index is -0.638. The molecule has 0 radical (unpaired) electrons. The highest BCUT2D eigenvalue weighted by Crippen LogP contribution is 2.38. The maximum atomic E-state index is 13.4. The zero-order valence-corrected chi connectivity index (χ0v) is 18.9. The van der Waals surface area contributed by atoms with Gasteiger partial charge in [0, 0.05) is 26.1 Å². The molecule has 0 aromatic heterocycles. The van der Waals surface area contributed by atoms with Crippen molar-refractivity contribution in [1.82, 2.24) is 15.3 Å². The first-order valence-electron chi connectivity index (χ1n) is 11.0. The topological polar surface area (TPSA) is 95.0 Å². The number of likely N-dealkylation sites (tertiary alicyclic amines) is 2. The molecule has 0 bridgehead atoms. The van der Waals surface area contributed by atoms with E-state index < -0.39 is 17.7 Å². The molecular formula is C23H34N4O4. The summed E-state index contributed by atoms with van der Waals surface area (Å²) in [4.78, 5) is 35.1. The number of benzene rings is 1. The molecule has 2 amide bonds. The van der Waals surface area contributed by atoms with Gasteiger partial charge in [0.15, 0.2) is 0 Å². The van der Waals surface area contributed by atoms with Crippen molar-refractivity contribution in [3.05, 3.63) is 35.9 Å². The monoisotopic (exact) mass is 430 g/mol. The summed E-state index contributed by atoms with van der Waals surface area (Å²) in [5.74, 6) is 0.165. The van der Waals surface area contributed by atoms with Gasteiger partial charge in [0.2, 0.25) is 11.8 Å². The smallest absolute Gasteiger partial charge is 0.411 e. The van der Waals surface area contributed by atoms with Gasteiger partial charge in [0.25, 0.3) is 0 Å². The Kier molecular flexibility index (Phi) is 7.20. The molecule has 31 heavy (non-hydrogen) atoms. The van der Waals surface area contributed by atoms with E-state index in [0.29, 0.717) is 32.4 Å². The third-order valence-corrected chi connectivity index (χ3v) is 5.85. The molecule has 2 saturated heterocycles. The summed E-state index contributed by atoms with van der Waals surface area (Å²) < 4.78 is 5.68. The van der Waals surface area contributed by atoms with Gasteiger partial charge in [-0.05, 0) is 52.0 Å². The average Bonchev–Trinajstić information content (AvgIpc) is 3.18. The molecule has 0 spiro atoms. The van der Waals surface area contributed by atoms with Gasteiger partial charge in [-0.25, -0.2) is 4.79 Å². The molecule has 2 heterocycles. The lowest BCUT2D eigenvalue weighted by Crippen LogP contribution is -2.51. The maximum absolute atomic E-state index is 13.4. The summed E-state index contributed by atoms with van der Waals surface area (Å²) in [5.41, 5.74) is 2.91. The van der Waals surface area contributed by atoms with E-state index >= 15 is 0 Å². The van der Waals surface area contributed by atoms with Gasteiger partial charge in [-0.1, -0.05) is 30.3 Å². The molecule has 2 fully saturated rings. The SMILES string of the molecule is CNOC(=N)C1CCN(C(=O)C2CCC(c3ccccc3)N2C(=O)OC(C)(C)C)CC1. The number of piperidine rings is 1.